The first-order valence-corrected chi connectivity index (χ1v) is 14.1. The number of phenols is 1. The topological polar surface area (TPSA) is 98.1 Å². The van der Waals surface area contributed by atoms with Crippen LogP contribution in [0.3, 0.4) is 0 Å². The Morgan fingerprint density at radius 3 is 2.65 bits per heavy atom. The van der Waals surface area contributed by atoms with E-state index in [1.165, 1.54) is 22.3 Å². The lowest BCUT2D eigenvalue weighted by atomic mass is 9.67. The van der Waals surface area contributed by atoms with Crippen LogP contribution >= 0.6 is 22.9 Å². The van der Waals surface area contributed by atoms with E-state index < -0.39 is 23.9 Å². The van der Waals surface area contributed by atoms with Gasteiger partial charge in [0, 0.05) is 10.8 Å². The molecule has 198 valence electrons. The molecular formula is C29H34ClNO5S. The van der Waals surface area contributed by atoms with Gasteiger partial charge in [-0.05, 0) is 72.9 Å². The van der Waals surface area contributed by atoms with Crippen molar-refractivity contribution in [3.05, 3.63) is 67.9 Å². The third-order valence-corrected chi connectivity index (χ3v) is 8.88. The number of phenolic OH excluding ortho intramolecular Hbond substituents is 1. The fourth-order valence-electron chi connectivity index (χ4n) is 5.76. The van der Waals surface area contributed by atoms with Crippen molar-refractivity contribution < 1.29 is 24.9 Å². The summed E-state index contributed by atoms with van der Waals surface area (Å²) in [5, 5.41) is 33.8. The summed E-state index contributed by atoms with van der Waals surface area (Å²) in [6.45, 7) is 3.99. The highest BCUT2D eigenvalue weighted by atomic mass is 35.5. The summed E-state index contributed by atoms with van der Waals surface area (Å²) in [6, 6.07) is 8.65. The average Bonchev–Trinajstić information content (AvgIpc) is 3.49. The number of fused-ring (bicyclic) bond motifs is 1. The van der Waals surface area contributed by atoms with E-state index in [1.54, 1.807) is 12.1 Å². The van der Waals surface area contributed by atoms with Crippen molar-refractivity contribution in [2.24, 2.45) is 17.8 Å². The second-order valence-corrected chi connectivity index (χ2v) is 11.2. The number of hydrogen-bond acceptors (Lipinski definition) is 6. The Kier molecular flexibility index (Phi) is 8.90. The van der Waals surface area contributed by atoms with E-state index in [9.17, 15) is 24.9 Å². The minimum Gasteiger partial charge on any atom is -0.508 e. The van der Waals surface area contributed by atoms with E-state index in [-0.39, 0.29) is 30.7 Å². The molecule has 2 heterocycles. The van der Waals surface area contributed by atoms with E-state index in [0.717, 1.165) is 33.6 Å². The van der Waals surface area contributed by atoms with Crippen molar-refractivity contribution >= 4 is 40.8 Å². The summed E-state index contributed by atoms with van der Waals surface area (Å²) in [5.74, 6) is -2.03. The molecule has 1 aromatic carbocycles. The van der Waals surface area contributed by atoms with E-state index in [4.69, 9.17) is 11.6 Å². The van der Waals surface area contributed by atoms with Crippen LogP contribution in [0.25, 0.3) is 6.08 Å². The van der Waals surface area contributed by atoms with E-state index in [2.05, 4.69) is 0 Å². The van der Waals surface area contributed by atoms with Crippen LogP contribution in [0.5, 0.6) is 5.75 Å². The average molecular weight is 544 g/mol. The normalized spacial score (nSPS) is 23.1. The van der Waals surface area contributed by atoms with Gasteiger partial charge in [0.1, 0.15) is 5.75 Å². The van der Waals surface area contributed by atoms with Crippen molar-refractivity contribution in [1.29, 1.82) is 0 Å². The largest absolute Gasteiger partial charge is 0.508 e. The third kappa shape index (κ3) is 5.70. The number of amides is 2. The predicted molar refractivity (Wildman–Crippen MR) is 146 cm³/mol. The molecule has 0 unspecified atom stereocenters. The summed E-state index contributed by atoms with van der Waals surface area (Å²) >= 11 is 7.78. The number of hydrogen-bond donors (Lipinski definition) is 3. The zero-order chi connectivity index (χ0) is 26.7. The lowest BCUT2D eigenvalue weighted by Crippen LogP contribution is -2.39. The molecule has 1 aromatic heterocycles. The molecule has 0 saturated carbocycles. The van der Waals surface area contributed by atoms with Crippen LogP contribution in [0, 0.1) is 17.8 Å². The molecule has 1 fully saturated rings. The van der Waals surface area contributed by atoms with Gasteiger partial charge in [-0.25, -0.2) is 0 Å². The summed E-state index contributed by atoms with van der Waals surface area (Å²) in [6.07, 6.45) is 4.05. The van der Waals surface area contributed by atoms with Crippen LogP contribution in [0.4, 0.5) is 0 Å². The number of aromatic hydroxyl groups is 1. The van der Waals surface area contributed by atoms with Gasteiger partial charge in [0.05, 0.1) is 36.1 Å². The maximum absolute atomic E-state index is 13.4. The van der Waals surface area contributed by atoms with Crippen molar-refractivity contribution in [3.63, 3.8) is 0 Å². The Bertz CT molecular complexity index is 1200. The molecule has 37 heavy (non-hydrogen) atoms. The SMILES string of the molecule is CCC1=C([C@H](O)CC/C(=C/c2ccc(O)cc2Cl)CC)[C@H](CO)[C@@H]2C(=O)N(Cc3cccs3)C(=O)[C@@H]2C1. The molecule has 2 aliphatic rings. The number of carbonyl (C=O) groups is 2. The number of benzene rings is 1. The van der Waals surface area contributed by atoms with Crippen molar-refractivity contribution in [2.75, 3.05) is 6.61 Å². The number of imide groups is 1. The van der Waals surface area contributed by atoms with E-state index in [1.807, 2.05) is 37.4 Å². The third-order valence-electron chi connectivity index (χ3n) is 7.69. The molecule has 6 nitrogen and oxygen atoms in total. The van der Waals surface area contributed by atoms with Gasteiger partial charge in [0.15, 0.2) is 0 Å². The Morgan fingerprint density at radius 1 is 1.24 bits per heavy atom. The molecule has 1 aliphatic carbocycles. The molecule has 2 amide bonds. The predicted octanol–water partition coefficient (Wildman–Crippen LogP) is 5.56. The number of rotatable bonds is 10. The highest BCUT2D eigenvalue weighted by molar-refractivity contribution is 7.09. The summed E-state index contributed by atoms with van der Waals surface area (Å²) in [5.41, 5.74) is 3.58. The van der Waals surface area contributed by atoms with Gasteiger partial charge < -0.3 is 15.3 Å². The molecular weight excluding hydrogens is 510 g/mol. The molecule has 1 saturated heterocycles. The fourth-order valence-corrected chi connectivity index (χ4v) is 6.68. The maximum Gasteiger partial charge on any atom is 0.234 e. The molecule has 8 heteroatoms. The zero-order valence-electron chi connectivity index (χ0n) is 21.2. The Hall–Kier alpha value is -2.45. The number of aliphatic hydroxyl groups is 2. The number of aliphatic hydroxyl groups excluding tert-OH is 2. The highest BCUT2D eigenvalue weighted by Crippen LogP contribution is 2.47. The maximum atomic E-state index is 13.4. The monoisotopic (exact) mass is 543 g/mol. The van der Waals surface area contributed by atoms with Gasteiger partial charge in [0.25, 0.3) is 0 Å². The van der Waals surface area contributed by atoms with E-state index in [0.29, 0.717) is 30.7 Å². The minimum atomic E-state index is -0.826. The molecule has 4 atom stereocenters. The number of nitrogens with zero attached hydrogens (tertiary/aromatic N) is 1. The second kappa shape index (κ2) is 11.9. The minimum absolute atomic E-state index is 0.106. The van der Waals surface area contributed by atoms with Crippen molar-refractivity contribution in [1.82, 2.24) is 4.90 Å². The molecule has 4 rings (SSSR count). The lowest BCUT2D eigenvalue weighted by molar-refractivity contribution is -0.140. The number of thiophene rings is 1. The molecule has 1 aliphatic heterocycles. The highest BCUT2D eigenvalue weighted by Gasteiger charge is 2.54. The van der Waals surface area contributed by atoms with Crippen LogP contribution in [0.15, 0.2) is 52.4 Å². The first-order chi connectivity index (χ1) is 17.8. The van der Waals surface area contributed by atoms with Gasteiger partial charge in [-0.3, -0.25) is 14.5 Å². The fraction of sp³-hybridized carbons (Fsp3) is 0.448. The van der Waals surface area contributed by atoms with Crippen LogP contribution in [0.2, 0.25) is 5.02 Å². The smallest absolute Gasteiger partial charge is 0.234 e. The van der Waals surface area contributed by atoms with Crippen LogP contribution in [-0.2, 0) is 16.1 Å². The molecule has 2 aromatic rings. The van der Waals surface area contributed by atoms with Gasteiger partial charge in [-0.1, -0.05) is 48.7 Å². The van der Waals surface area contributed by atoms with E-state index >= 15 is 0 Å². The van der Waals surface area contributed by atoms with Gasteiger partial charge in [-0.15, -0.1) is 11.3 Å². The van der Waals surface area contributed by atoms with Crippen molar-refractivity contribution in [3.8, 4) is 5.75 Å². The van der Waals surface area contributed by atoms with Gasteiger partial charge in [-0.2, -0.15) is 0 Å². The van der Waals surface area contributed by atoms with Gasteiger partial charge >= 0.3 is 0 Å². The Morgan fingerprint density at radius 2 is 2.03 bits per heavy atom. The summed E-state index contributed by atoms with van der Waals surface area (Å²) in [7, 11) is 0. The van der Waals surface area contributed by atoms with Crippen molar-refractivity contribution in [2.45, 2.75) is 58.6 Å². The number of allylic oxidation sites excluding steroid dienone is 2. The summed E-state index contributed by atoms with van der Waals surface area (Å²) < 4.78 is 0. The number of carbonyl (C=O) groups excluding carboxylic acids is 2. The van der Waals surface area contributed by atoms with Crippen LogP contribution < -0.4 is 0 Å². The molecule has 3 N–H and O–H groups in total. The quantitative estimate of drug-likeness (QED) is 0.269. The standard InChI is InChI=1S/C29H34ClNO5S/c1-3-17(12-19-8-9-20(33)14-24(19)30)7-10-25(34)26-18(4-2)13-22-27(23(26)16-32)29(36)31(28(22)35)15-21-6-5-11-37-21/h5-6,8-9,11-12,14,22-23,25,27,32-34H,3-4,7,10,13,15-16H2,1-2H3/b17-12+/t22-,23+,25-,27-/m1/s1. The first-order valence-electron chi connectivity index (χ1n) is 12.8. The lowest BCUT2D eigenvalue weighted by Gasteiger charge is -2.36. The first kappa shape index (κ1) is 27.6. The second-order valence-electron chi connectivity index (χ2n) is 9.80. The number of halogens is 1. The van der Waals surface area contributed by atoms with Gasteiger partial charge in [0.2, 0.25) is 11.8 Å². The molecule has 0 radical (unpaired) electrons. The Labute approximate surface area is 226 Å². The zero-order valence-corrected chi connectivity index (χ0v) is 22.8. The number of likely N-dealkylation sites (tertiary alicyclic amines) is 1. The molecule has 0 bridgehead atoms. The summed E-state index contributed by atoms with van der Waals surface area (Å²) in [4.78, 5) is 29.0. The van der Waals surface area contributed by atoms with Crippen LogP contribution in [0.1, 0.15) is 56.4 Å². The van der Waals surface area contributed by atoms with Crippen LogP contribution in [-0.4, -0.2) is 44.7 Å². The Balaban J connectivity index is 1.54. The molecule has 0 spiro atoms.